The number of hydrogen-bond donors (Lipinski definition) is 0. The number of alkyl halides is 1. The van der Waals surface area contributed by atoms with Gasteiger partial charge in [-0.3, -0.25) is 0 Å². The minimum atomic E-state index is 0.607. The average molecular weight is 307 g/mol. The predicted molar refractivity (Wildman–Crippen MR) is 86.9 cm³/mol. The zero-order valence-corrected chi connectivity index (χ0v) is 13.6. The third-order valence-electron chi connectivity index (χ3n) is 4.51. The van der Waals surface area contributed by atoms with E-state index in [0.717, 1.165) is 35.9 Å². The van der Waals surface area contributed by atoms with Crippen molar-refractivity contribution in [2.45, 2.75) is 32.7 Å². The van der Waals surface area contributed by atoms with Crippen molar-refractivity contribution in [3.63, 3.8) is 0 Å². The first-order valence-electron chi connectivity index (χ1n) is 7.74. The van der Waals surface area contributed by atoms with Crippen LogP contribution in [0.3, 0.4) is 0 Å². The number of aromatic nitrogens is 3. The molecule has 1 fully saturated rings. The van der Waals surface area contributed by atoms with E-state index in [0.29, 0.717) is 5.88 Å². The van der Waals surface area contributed by atoms with Crippen LogP contribution in [0, 0.1) is 12.8 Å². The minimum Gasteiger partial charge on any atom is -0.312 e. The fourth-order valence-electron chi connectivity index (χ4n) is 3.15. The maximum atomic E-state index is 5.96. The molecule has 0 unspecified atom stereocenters. The number of halogens is 1. The molecule has 3 rings (SSSR count). The molecular formula is C16H23ClN4. The van der Waals surface area contributed by atoms with Crippen LogP contribution in [0.15, 0.2) is 12.3 Å². The van der Waals surface area contributed by atoms with E-state index in [1.807, 2.05) is 12.3 Å². The van der Waals surface area contributed by atoms with Crippen molar-refractivity contribution in [1.29, 1.82) is 0 Å². The highest BCUT2D eigenvalue weighted by Gasteiger charge is 2.20. The summed E-state index contributed by atoms with van der Waals surface area (Å²) in [6, 6.07) is 2.03. The molecule has 4 nitrogen and oxygen atoms in total. The largest absolute Gasteiger partial charge is 0.312 e. The number of pyridine rings is 1. The van der Waals surface area contributed by atoms with Gasteiger partial charge in [-0.15, -0.1) is 11.6 Å². The van der Waals surface area contributed by atoms with Crippen LogP contribution in [-0.2, 0) is 13.0 Å². The molecule has 0 aliphatic carbocycles. The highest BCUT2D eigenvalue weighted by atomic mass is 35.5. The number of rotatable bonds is 4. The lowest BCUT2D eigenvalue weighted by molar-refractivity contribution is 0.205. The molecule has 114 valence electrons. The lowest BCUT2D eigenvalue weighted by atomic mass is 9.97. The number of likely N-dealkylation sites (tertiary alicyclic amines) is 1. The SMILES string of the molecule is Cc1ccnc2c1nc(CCCl)n2CC1CCN(C)CC1. The summed E-state index contributed by atoms with van der Waals surface area (Å²) < 4.78 is 2.31. The first kappa shape index (κ1) is 14.8. The fourth-order valence-corrected chi connectivity index (χ4v) is 3.32. The lowest BCUT2D eigenvalue weighted by Gasteiger charge is -2.29. The molecule has 2 aromatic heterocycles. The molecule has 0 atom stereocenters. The van der Waals surface area contributed by atoms with E-state index in [9.17, 15) is 0 Å². The molecule has 0 bridgehead atoms. The van der Waals surface area contributed by atoms with Crippen LogP contribution in [0.4, 0.5) is 0 Å². The maximum absolute atomic E-state index is 5.96. The van der Waals surface area contributed by atoms with Crippen LogP contribution in [0.5, 0.6) is 0 Å². The van der Waals surface area contributed by atoms with Crippen molar-refractivity contribution in [3.05, 3.63) is 23.7 Å². The van der Waals surface area contributed by atoms with Crippen LogP contribution in [0.25, 0.3) is 11.2 Å². The second kappa shape index (κ2) is 6.32. The number of hydrogen-bond acceptors (Lipinski definition) is 3. The summed E-state index contributed by atoms with van der Waals surface area (Å²) in [5.74, 6) is 2.41. The van der Waals surface area contributed by atoms with Crippen molar-refractivity contribution in [2.75, 3.05) is 26.0 Å². The van der Waals surface area contributed by atoms with Crippen molar-refractivity contribution in [2.24, 2.45) is 5.92 Å². The Hall–Kier alpha value is -1.13. The van der Waals surface area contributed by atoms with Gasteiger partial charge in [-0.2, -0.15) is 0 Å². The first-order valence-corrected chi connectivity index (χ1v) is 8.27. The smallest absolute Gasteiger partial charge is 0.160 e. The average Bonchev–Trinajstić information content (AvgIpc) is 2.82. The zero-order valence-electron chi connectivity index (χ0n) is 12.8. The summed E-state index contributed by atoms with van der Waals surface area (Å²) >= 11 is 5.96. The molecule has 0 radical (unpaired) electrons. The Morgan fingerprint density at radius 3 is 2.81 bits per heavy atom. The van der Waals surface area contributed by atoms with Gasteiger partial charge in [-0.05, 0) is 57.5 Å². The van der Waals surface area contributed by atoms with Crippen LogP contribution >= 0.6 is 11.6 Å². The van der Waals surface area contributed by atoms with E-state index in [-0.39, 0.29) is 0 Å². The molecule has 0 saturated carbocycles. The molecule has 1 saturated heterocycles. The van der Waals surface area contributed by atoms with E-state index in [1.165, 1.54) is 31.5 Å². The van der Waals surface area contributed by atoms with E-state index in [1.54, 1.807) is 0 Å². The third-order valence-corrected chi connectivity index (χ3v) is 4.70. The minimum absolute atomic E-state index is 0.607. The van der Waals surface area contributed by atoms with Crippen LogP contribution in [0.1, 0.15) is 24.2 Å². The van der Waals surface area contributed by atoms with Gasteiger partial charge < -0.3 is 9.47 Å². The first-order chi connectivity index (χ1) is 10.2. The van der Waals surface area contributed by atoms with Gasteiger partial charge in [0.05, 0.1) is 0 Å². The van der Waals surface area contributed by atoms with Crippen molar-refractivity contribution in [3.8, 4) is 0 Å². The summed E-state index contributed by atoms with van der Waals surface area (Å²) in [6.45, 7) is 5.50. The highest BCUT2D eigenvalue weighted by molar-refractivity contribution is 6.17. The molecule has 0 spiro atoms. The maximum Gasteiger partial charge on any atom is 0.160 e. The van der Waals surface area contributed by atoms with E-state index in [4.69, 9.17) is 16.6 Å². The molecule has 0 amide bonds. The second-order valence-electron chi connectivity index (χ2n) is 6.12. The molecular weight excluding hydrogens is 284 g/mol. The monoisotopic (exact) mass is 306 g/mol. The number of fused-ring (bicyclic) bond motifs is 1. The van der Waals surface area contributed by atoms with Gasteiger partial charge in [0.25, 0.3) is 0 Å². The summed E-state index contributed by atoms with van der Waals surface area (Å²) in [4.78, 5) is 11.8. The third kappa shape index (κ3) is 3.06. The fraction of sp³-hybridized carbons (Fsp3) is 0.625. The molecule has 1 aliphatic rings. The Kier molecular flexibility index (Phi) is 4.45. The number of piperidine rings is 1. The Morgan fingerprint density at radius 2 is 2.10 bits per heavy atom. The normalized spacial score (nSPS) is 17.7. The van der Waals surface area contributed by atoms with Crippen LogP contribution < -0.4 is 0 Å². The topological polar surface area (TPSA) is 34.0 Å². The van der Waals surface area contributed by atoms with Gasteiger partial charge in [0.2, 0.25) is 0 Å². The van der Waals surface area contributed by atoms with Crippen LogP contribution in [-0.4, -0.2) is 45.5 Å². The number of aryl methyl sites for hydroxylation is 2. The van der Waals surface area contributed by atoms with Crippen LogP contribution in [0.2, 0.25) is 0 Å². The van der Waals surface area contributed by atoms with Crippen molar-refractivity contribution >= 4 is 22.8 Å². The summed E-state index contributed by atoms with van der Waals surface area (Å²) in [6.07, 6.45) is 5.20. The Labute approximate surface area is 131 Å². The lowest BCUT2D eigenvalue weighted by Crippen LogP contribution is -2.32. The Balaban J connectivity index is 1.92. The molecule has 0 aromatic carbocycles. The molecule has 5 heteroatoms. The van der Waals surface area contributed by atoms with E-state index in [2.05, 4.69) is 28.4 Å². The quantitative estimate of drug-likeness (QED) is 0.815. The van der Waals surface area contributed by atoms with Gasteiger partial charge in [-0.1, -0.05) is 0 Å². The second-order valence-corrected chi connectivity index (χ2v) is 6.50. The molecule has 21 heavy (non-hydrogen) atoms. The van der Waals surface area contributed by atoms with Crippen molar-refractivity contribution < 1.29 is 0 Å². The van der Waals surface area contributed by atoms with Gasteiger partial charge in [0.1, 0.15) is 11.3 Å². The summed E-state index contributed by atoms with van der Waals surface area (Å²) in [7, 11) is 2.20. The van der Waals surface area contributed by atoms with Gasteiger partial charge in [0, 0.05) is 25.0 Å². The number of nitrogens with zero attached hydrogens (tertiary/aromatic N) is 4. The Morgan fingerprint density at radius 1 is 1.33 bits per heavy atom. The van der Waals surface area contributed by atoms with Gasteiger partial charge >= 0.3 is 0 Å². The molecule has 1 aliphatic heterocycles. The number of imidazole rings is 1. The predicted octanol–water partition coefficient (Wildman–Crippen LogP) is 2.86. The zero-order chi connectivity index (χ0) is 14.8. The molecule has 3 heterocycles. The Bertz CT molecular complexity index is 614. The van der Waals surface area contributed by atoms with Gasteiger partial charge in [0.15, 0.2) is 5.65 Å². The standard InChI is InChI=1S/C16H23ClN4/c1-12-4-8-18-16-15(12)19-14(3-7-17)21(16)11-13-5-9-20(2)10-6-13/h4,8,13H,3,5-7,9-11H2,1-2H3. The molecule has 0 N–H and O–H groups in total. The summed E-state index contributed by atoms with van der Waals surface area (Å²) in [5.41, 5.74) is 3.25. The molecule has 2 aromatic rings. The van der Waals surface area contributed by atoms with Gasteiger partial charge in [-0.25, -0.2) is 9.97 Å². The van der Waals surface area contributed by atoms with E-state index >= 15 is 0 Å². The van der Waals surface area contributed by atoms with Crippen molar-refractivity contribution in [1.82, 2.24) is 19.4 Å². The summed E-state index contributed by atoms with van der Waals surface area (Å²) in [5, 5.41) is 0. The van der Waals surface area contributed by atoms with E-state index < -0.39 is 0 Å². The highest BCUT2D eigenvalue weighted by Crippen LogP contribution is 2.23.